The molecule has 0 atom stereocenters. The number of aldehydes is 1. The van der Waals surface area contributed by atoms with Gasteiger partial charge in [0.25, 0.3) is 0 Å². The molecule has 0 aliphatic carbocycles. The molecule has 0 fully saturated rings. The Kier molecular flexibility index (Phi) is 5.13. The van der Waals surface area contributed by atoms with E-state index in [0.29, 0.717) is 12.6 Å². The van der Waals surface area contributed by atoms with Crippen LogP contribution in [0, 0.1) is 0 Å². The summed E-state index contributed by atoms with van der Waals surface area (Å²) >= 11 is 0. The molecule has 0 aliphatic heterocycles. The van der Waals surface area contributed by atoms with Crippen LogP contribution in [0.15, 0.2) is 91.0 Å². The van der Waals surface area contributed by atoms with E-state index < -0.39 is 6.83 Å². The van der Waals surface area contributed by atoms with Crippen LogP contribution in [-0.4, -0.2) is 19.6 Å². The first-order valence-corrected chi connectivity index (χ1v) is 10.8. The van der Waals surface area contributed by atoms with Gasteiger partial charge < -0.3 is 0 Å². The molecule has 0 unspecified atom stereocenters. The summed E-state index contributed by atoms with van der Waals surface area (Å²) in [6, 6.07) is 31.1. The van der Waals surface area contributed by atoms with Crippen molar-refractivity contribution in [2.45, 2.75) is 6.42 Å². The maximum atomic E-state index is 11.4. The monoisotopic (exact) mass is 350 g/mol. The number of benzene rings is 3. The van der Waals surface area contributed by atoms with Crippen LogP contribution in [-0.2, 0) is 9.32 Å². The van der Waals surface area contributed by atoms with Gasteiger partial charge in [-0.15, -0.1) is 0 Å². The first kappa shape index (κ1) is 17.5. The molecule has 0 saturated carbocycles. The average Bonchev–Trinajstić information content (AvgIpc) is 2.72. The third-order valence-electron chi connectivity index (χ3n) is 4.98. The van der Waals surface area contributed by atoms with Crippen LogP contribution in [0.1, 0.15) is 6.42 Å². The van der Waals surface area contributed by atoms with Crippen molar-refractivity contribution in [1.29, 1.82) is 0 Å². The van der Waals surface area contributed by atoms with Crippen molar-refractivity contribution in [2.24, 2.45) is 0 Å². The Morgan fingerprint density at radius 3 is 1.36 bits per heavy atom. The summed E-state index contributed by atoms with van der Waals surface area (Å²) in [5.41, 5.74) is 0. The normalized spacial score (nSPS) is 12.9. The van der Waals surface area contributed by atoms with Gasteiger partial charge in [0.05, 0.1) is 0 Å². The van der Waals surface area contributed by atoms with Gasteiger partial charge in [-0.3, -0.25) is 0 Å². The van der Waals surface area contributed by atoms with E-state index in [2.05, 4.69) is 36.4 Å². The summed E-state index contributed by atoms with van der Waals surface area (Å²) in [7, 11) is 1.79. The van der Waals surface area contributed by atoms with Crippen LogP contribution < -0.4 is 15.9 Å². The molecule has 0 spiro atoms. The molecule has 0 saturated heterocycles. The molecule has 0 bridgehead atoms. The summed E-state index contributed by atoms with van der Waals surface area (Å²) in [4.78, 5) is 11.4. The quantitative estimate of drug-likeness (QED) is 0.480. The van der Waals surface area contributed by atoms with Crippen molar-refractivity contribution in [3.63, 3.8) is 0 Å². The van der Waals surface area contributed by atoms with Gasteiger partial charge in [0, 0.05) is 0 Å². The Morgan fingerprint density at radius 2 is 1.08 bits per heavy atom. The Hall–Kier alpha value is -2.28. The maximum absolute atomic E-state index is 11.4. The average molecular weight is 350 g/mol. The number of hydrogen-bond acceptors (Lipinski definition) is 2. The van der Waals surface area contributed by atoms with Gasteiger partial charge in [0.15, 0.2) is 0 Å². The topological polar surface area (TPSA) is 26.3 Å². The minimum atomic E-state index is -3.21. The van der Waals surface area contributed by atoms with Crippen molar-refractivity contribution >= 4 is 29.0 Å². The second kappa shape index (κ2) is 7.31. The summed E-state index contributed by atoms with van der Waals surface area (Å²) in [5, 5.41) is 3.45. The fourth-order valence-electron chi connectivity index (χ4n) is 3.77. The van der Waals surface area contributed by atoms with Crippen LogP contribution in [0.4, 0.5) is 0 Å². The van der Waals surface area contributed by atoms with Gasteiger partial charge in [0.1, 0.15) is 0 Å². The second-order valence-electron chi connectivity index (χ2n) is 6.08. The molecule has 0 amide bonds. The van der Waals surface area contributed by atoms with Crippen molar-refractivity contribution in [1.82, 2.24) is 0 Å². The van der Waals surface area contributed by atoms with Crippen LogP contribution in [0.2, 0.25) is 0 Å². The fraction of sp³-hybridized carbons (Fsp3) is 0.136. The zero-order valence-corrected chi connectivity index (χ0v) is 15.3. The van der Waals surface area contributed by atoms with Gasteiger partial charge in [0.2, 0.25) is 0 Å². The summed E-state index contributed by atoms with van der Waals surface area (Å²) in [6.07, 6.45) is 2.10. The van der Waals surface area contributed by atoms with Gasteiger partial charge >= 0.3 is 149 Å². The van der Waals surface area contributed by atoms with Crippen molar-refractivity contribution in [2.75, 3.05) is 13.3 Å². The number of carbonyl (C=O) groups is 1. The Balaban J connectivity index is 2.45. The molecule has 2 nitrogen and oxygen atoms in total. The standard InChI is InChI=1S/C22H23O2P/c1-24-25(19-11-18-23,20-12-5-2-6-13-20,21-14-7-3-8-15-21)22-16-9-4-10-17-22/h2-10,12-18H,11,19H2,1H3. The molecule has 3 rings (SSSR count). The van der Waals surface area contributed by atoms with Crippen LogP contribution >= 0.6 is 6.83 Å². The minimum absolute atomic E-state index is 0.449. The summed E-state index contributed by atoms with van der Waals surface area (Å²) < 4.78 is 6.56. The van der Waals surface area contributed by atoms with E-state index in [9.17, 15) is 4.79 Å². The molecular weight excluding hydrogens is 327 g/mol. The summed E-state index contributed by atoms with van der Waals surface area (Å²) in [6.45, 7) is -3.21. The predicted molar refractivity (Wildman–Crippen MR) is 108 cm³/mol. The molecule has 0 N–H and O–H groups in total. The van der Waals surface area contributed by atoms with E-state index in [1.807, 2.05) is 54.6 Å². The van der Waals surface area contributed by atoms with Gasteiger partial charge in [-0.1, -0.05) is 0 Å². The van der Waals surface area contributed by atoms with Crippen molar-refractivity contribution in [3.05, 3.63) is 91.0 Å². The van der Waals surface area contributed by atoms with Crippen LogP contribution in [0.5, 0.6) is 0 Å². The van der Waals surface area contributed by atoms with E-state index in [0.717, 1.165) is 22.2 Å². The predicted octanol–water partition coefficient (Wildman–Crippen LogP) is 3.67. The zero-order valence-electron chi connectivity index (χ0n) is 14.4. The van der Waals surface area contributed by atoms with Crippen LogP contribution in [0.25, 0.3) is 0 Å². The molecular formula is C22H23O2P. The van der Waals surface area contributed by atoms with Gasteiger partial charge in [-0.05, 0) is 0 Å². The van der Waals surface area contributed by atoms with Crippen LogP contribution in [0.3, 0.4) is 0 Å². The Morgan fingerprint density at radius 1 is 0.720 bits per heavy atom. The van der Waals surface area contributed by atoms with Gasteiger partial charge in [-0.25, -0.2) is 0 Å². The molecule has 0 aromatic heterocycles. The van der Waals surface area contributed by atoms with Crippen molar-refractivity contribution in [3.8, 4) is 0 Å². The molecule has 3 heteroatoms. The van der Waals surface area contributed by atoms with E-state index in [-0.39, 0.29) is 0 Å². The first-order chi connectivity index (χ1) is 12.3. The zero-order chi connectivity index (χ0) is 17.6. The van der Waals surface area contributed by atoms with E-state index in [1.54, 1.807) is 7.11 Å². The van der Waals surface area contributed by atoms with E-state index >= 15 is 0 Å². The second-order valence-corrected chi connectivity index (χ2v) is 10.9. The molecule has 3 aromatic carbocycles. The molecule has 128 valence electrons. The number of hydrogen-bond donors (Lipinski definition) is 0. The third-order valence-corrected chi connectivity index (χ3v) is 11.1. The molecule has 0 aliphatic rings. The molecule has 3 aromatic rings. The number of rotatable bonds is 7. The van der Waals surface area contributed by atoms with Crippen molar-refractivity contribution < 1.29 is 9.32 Å². The summed E-state index contributed by atoms with van der Waals surface area (Å²) in [5.74, 6) is 0. The first-order valence-electron chi connectivity index (χ1n) is 8.45. The Labute approximate surface area is 149 Å². The van der Waals surface area contributed by atoms with E-state index in [4.69, 9.17) is 4.52 Å². The SMILES string of the molecule is COP(CCC=O)(c1ccccc1)(c1ccccc1)c1ccccc1. The number of carbonyl (C=O) groups excluding carboxylic acids is 1. The van der Waals surface area contributed by atoms with E-state index in [1.165, 1.54) is 0 Å². The van der Waals surface area contributed by atoms with Gasteiger partial charge in [-0.2, -0.15) is 0 Å². The molecule has 25 heavy (non-hydrogen) atoms. The molecule has 0 radical (unpaired) electrons. The third kappa shape index (κ3) is 2.72. The molecule has 0 heterocycles. The Bertz CT molecular complexity index is 717. The fourth-order valence-corrected chi connectivity index (χ4v) is 9.26.